The SMILES string of the molecule is CCCCCCCCCCCCCCCC(=O)C(O)C1O[C@H](CO)[C@@H](O)[C@H](O)[C@H]1O. The summed E-state index contributed by atoms with van der Waals surface area (Å²) in [5, 5.41) is 49.0. The highest BCUT2D eigenvalue weighted by Crippen LogP contribution is 2.24. The van der Waals surface area contributed by atoms with Crippen LogP contribution in [-0.4, -0.2) is 74.5 Å². The number of rotatable bonds is 17. The first-order chi connectivity index (χ1) is 14.4. The van der Waals surface area contributed by atoms with Crippen molar-refractivity contribution in [3.8, 4) is 0 Å². The zero-order chi connectivity index (χ0) is 22.4. The van der Waals surface area contributed by atoms with Crippen molar-refractivity contribution in [2.75, 3.05) is 6.61 Å². The van der Waals surface area contributed by atoms with Crippen molar-refractivity contribution in [1.82, 2.24) is 0 Å². The van der Waals surface area contributed by atoms with Gasteiger partial charge in [-0.25, -0.2) is 0 Å². The lowest BCUT2D eigenvalue weighted by atomic mass is 9.90. The molecular formula is C23H44O7. The van der Waals surface area contributed by atoms with Gasteiger partial charge in [-0.3, -0.25) is 4.79 Å². The number of Topliss-reactive ketones (excluding diaryl/α,β-unsaturated/α-hetero) is 1. The average molecular weight is 433 g/mol. The summed E-state index contributed by atoms with van der Waals surface area (Å²) >= 11 is 0. The van der Waals surface area contributed by atoms with E-state index in [0.717, 1.165) is 19.3 Å². The summed E-state index contributed by atoms with van der Waals surface area (Å²) < 4.78 is 5.25. The molecule has 0 radical (unpaired) electrons. The minimum atomic E-state index is -1.59. The first-order valence-electron chi connectivity index (χ1n) is 11.9. The van der Waals surface area contributed by atoms with Crippen molar-refractivity contribution in [2.24, 2.45) is 0 Å². The number of carbonyl (C=O) groups is 1. The predicted molar refractivity (Wildman–Crippen MR) is 115 cm³/mol. The third-order valence-electron chi connectivity index (χ3n) is 6.10. The van der Waals surface area contributed by atoms with Crippen LogP contribution in [0.2, 0.25) is 0 Å². The molecule has 30 heavy (non-hydrogen) atoms. The quantitative estimate of drug-likeness (QED) is 0.223. The maximum atomic E-state index is 12.2. The van der Waals surface area contributed by atoms with Crippen LogP contribution in [0, 0.1) is 0 Å². The fourth-order valence-electron chi connectivity index (χ4n) is 4.04. The number of ether oxygens (including phenoxy) is 1. The van der Waals surface area contributed by atoms with Crippen LogP contribution in [0.3, 0.4) is 0 Å². The van der Waals surface area contributed by atoms with Gasteiger partial charge < -0.3 is 30.3 Å². The Bertz CT molecular complexity index is 443. The molecule has 1 fully saturated rings. The van der Waals surface area contributed by atoms with Crippen molar-refractivity contribution in [1.29, 1.82) is 0 Å². The molecule has 7 heteroatoms. The van der Waals surface area contributed by atoms with Crippen LogP contribution in [0.25, 0.3) is 0 Å². The van der Waals surface area contributed by atoms with Gasteiger partial charge in [-0.2, -0.15) is 0 Å². The molecule has 1 heterocycles. The molecule has 0 spiro atoms. The van der Waals surface area contributed by atoms with Crippen LogP contribution in [-0.2, 0) is 9.53 Å². The van der Waals surface area contributed by atoms with E-state index in [0.29, 0.717) is 6.42 Å². The molecule has 6 atom stereocenters. The summed E-state index contributed by atoms with van der Waals surface area (Å²) in [5.74, 6) is -0.456. The Morgan fingerprint density at radius 2 is 1.23 bits per heavy atom. The van der Waals surface area contributed by atoms with E-state index in [1.165, 1.54) is 57.8 Å². The third-order valence-corrected chi connectivity index (χ3v) is 6.10. The van der Waals surface area contributed by atoms with Crippen molar-refractivity contribution in [2.45, 2.75) is 133 Å². The molecular weight excluding hydrogens is 388 g/mol. The first-order valence-corrected chi connectivity index (χ1v) is 11.9. The van der Waals surface area contributed by atoms with E-state index in [9.17, 15) is 30.3 Å². The Morgan fingerprint density at radius 3 is 1.70 bits per heavy atom. The normalized spacial score (nSPS) is 27.9. The summed E-state index contributed by atoms with van der Waals surface area (Å²) in [6.07, 6.45) is 7.04. The van der Waals surface area contributed by atoms with Crippen LogP contribution in [0.5, 0.6) is 0 Å². The average Bonchev–Trinajstić information content (AvgIpc) is 2.75. The molecule has 178 valence electrons. The van der Waals surface area contributed by atoms with E-state index >= 15 is 0 Å². The van der Waals surface area contributed by atoms with Crippen molar-refractivity contribution < 1.29 is 35.1 Å². The van der Waals surface area contributed by atoms with Gasteiger partial charge in [0.15, 0.2) is 5.78 Å². The number of aliphatic hydroxyl groups is 5. The topological polar surface area (TPSA) is 127 Å². The van der Waals surface area contributed by atoms with Crippen molar-refractivity contribution >= 4 is 5.78 Å². The van der Waals surface area contributed by atoms with E-state index in [-0.39, 0.29) is 6.42 Å². The molecule has 0 aliphatic carbocycles. The van der Waals surface area contributed by atoms with Gasteiger partial charge in [0, 0.05) is 6.42 Å². The summed E-state index contributed by atoms with van der Waals surface area (Å²) in [6, 6.07) is 0. The number of hydrogen-bond donors (Lipinski definition) is 5. The van der Waals surface area contributed by atoms with Gasteiger partial charge in [-0.05, 0) is 6.42 Å². The minimum absolute atomic E-state index is 0.175. The van der Waals surface area contributed by atoms with Gasteiger partial charge in [0.25, 0.3) is 0 Å². The number of ketones is 1. The molecule has 0 aromatic rings. The Morgan fingerprint density at radius 1 is 0.767 bits per heavy atom. The van der Waals surface area contributed by atoms with Crippen molar-refractivity contribution in [3.63, 3.8) is 0 Å². The summed E-state index contributed by atoms with van der Waals surface area (Å²) in [7, 11) is 0. The largest absolute Gasteiger partial charge is 0.394 e. The van der Waals surface area contributed by atoms with E-state index in [4.69, 9.17) is 4.74 Å². The molecule has 1 rings (SSSR count). The number of hydrogen-bond acceptors (Lipinski definition) is 7. The second kappa shape index (κ2) is 16.1. The minimum Gasteiger partial charge on any atom is -0.394 e. The second-order valence-electron chi connectivity index (χ2n) is 8.70. The fourth-order valence-corrected chi connectivity index (χ4v) is 4.04. The van der Waals surface area contributed by atoms with Crippen LogP contribution >= 0.6 is 0 Å². The highest BCUT2D eigenvalue weighted by molar-refractivity contribution is 5.83. The lowest BCUT2D eigenvalue weighted by Gasteiger charge is -2.41. The van der Waals surface area contributed by atoms with Gasteiger partial charge in [-0.1, -0.05) is 84.0 Å². The van der Waals surface area contributed by atoms with Crippen LogP contribution < -0.4 is 0 Å². The monoisotopic (exact) mass is 432 g/mol. The second-order valence-corrected chi connectivity index (χ2v) is 8.70. The molecule has 0 amide bonds. The summed E-state index contributed by atoms with van der Waals surface area (Å²) in [6.45, 7) is 1.65. The maximum absolute atomic E-state index is 12.2. The van der Waals surface area contributed by atoms with Gasteiger partial charge in [0.1, 0.15) is 36.6 Å². The van der Waals surface area contributed by atoms with Gasteiger partial charge in [0.05, 0.1) is 6.61 Å². The van der Waals surface area contributed by atoms with E-state index < -0.39 is 49.0 Å². The molecule has 7 nitrogen and oxygen atoms in total. The zero-order valence-corrected chi connectivity index (χ0v) is 18.6. The highest BCUT2D eigenvalue weighted by atomic mass is 16.6. The van der Waals surface area contributed by atoms with Crippen LogP contribution in [0.1, 0.15) is 96.8 Å². The number of aliphatic hydroxyl groups excluding tert-OH is 5. The molecule has 5 N–H and O–H groups in total. The van der Waals surface area contributed by atoms with E-state index in [1.807, 2.05) is 0 Å². The van der Waals surface area contributed by atoms with E-state index in [2.05, 4.69) is 6.92 Å². The van der Waals surface area contributed by atoms with E-state index in [1.54, 1.807) is 0 Å². The summed E-state index contributed by atoms with van der Waals surface area (Å²) in [5.41, 5.74) is 0. The molecule has 0 aromatic carbocycles. The third kappa shape index (κ3) is 9.71. The van der Waals surface area contributed by atoms with Crippen LogP contribution in [0.15, 0.2) is 0 Å². The molecule has 0 aromatic heterocycles. The number of unbranched alkanes of at least 4 members (excludes halogenated alkanes) is 12. The lowest BCUT2D eigenvalue weighted by molar-refractivity contribution is -0.246. The smallest absolute Gasteiger partial charge is 0.164 e. The molecule has 1 aliphatic heterocycles. The van der Waals surface area contributed by atoms with Gasteiger partial charge in [0.2, 0.25) is 0 Å². The standard InChI is InChI=1S/C23H44O7/c1-2-3-4-5-6-7-8-9-10-11-12-13-14-15-17(25)19(26)23-22(29)21(28)20(27)18(16-24)30-23/h18-24,26-29H,2-16H2,1H3/t18-,19?,20-,21+,22-,23?/m1/s1. The predicted octanol–water partition coefficient (Wildman–Crippen LogP) is 2.24. The Balaban J connectivity index is 2.10. The highest BCUT2D eigenvalue weighted by Gasteiger charge is 2.47. The molecule has 0 bridgehead atoms. The van der Waals surface area contributed by atoms with Crippen LogP contribution in [0.4, 0.5) is 0 Å². The lowest BCUT2D eigenvalue weighted by Crippen LogP contribution is -2.62. The molecule has 2 unspecified atom stereocenters. The Hall–Kier alpha value is -0.570. The Labute approximate surface area is 181 Å². The number of carbonyl (C=O) groups excluding carboxylic acids is 1. The van der Waals surface area contributed by atoms with Gasteiger partial charge in [-0.15, -0.1) is 0 Å². The van der Waals surface area contributed by atoms with Gasteiger partial charge >= 0.3 is 0 Å². The molecule has 1 aliphatic rings. The first kappa shape index (κ1) is 27.5. The Kier molecular flexibility index (Phi) is 14.8. The van der Waals surface area contributed by atoms with Crippen molar-refractivity contribution in [3.05, 3.63) is 0 Å². The molecule has 0 saturated carbocycles. The summed E-state index contributed by atoms with van der Waals surface area (Å²) in [4.78, 5) is 12.2. The molecule has 1 saturated heterocycles. The zero-order valence-electron chi connectivity index (χ0n) is 18.6. The fraction of sp³-hybridized carbons (Fsp3) is 0.957. The maximum Gasteiger partial charge on any atom is 0.164 e.